The van der Waals surface area contributed by atoms with Crippen LogP contribution in [0.4, 0.5) is 4.39 Å². The Kier molecular flexibility index (Phi) is 4.70. The van der Waals surface area contributed by atoms with Gasteiger partial charge in [0.25, 0.3) is 0 Å². The first-order chi connectivity index (χ1) is 11.1. The zero-order chi connectivity index (χ0) is 16.2. The molecule has 23 heavy (non-hydrogen) atoms. The zero-order valence-electron chi connectivity index (χ0n) is 13.3. The van der Waals surface area contributed by atoms with Crippen LogP contribution < -0.4 is 0 Å². The maximum Gasteiger partial charge on any atom is 0.236 e. The Hall–Kier alpha value is -2.23. The summed E-state index contributed by atoms with van der Waals surface area (Å²) in [7, 11) is 0. The molecule has 0 spiro atoms. The molecule has 1 aromatic carbocycles. The number of benzene rings is 1. The number of rotatable bonds is 3. The minimum Gasteiger partial charge on any atom is -0.342 e. The molecule has 0 saturated carbocycles. The topological polar surface area (TPSA) is 33.2 Å². The molecule has 0 aliphatic carbocycles. The number of hydrogen-bond donors (Lipinski definition) is 0. The third-order valence-corrected chi connectivity index (χ3v) is 4.53. The molecule has 1 fully saturated rings. The van der Waals surface area contributed by atoms with Gasteiger partial charge in [0.05, 0.1) is 5.69 Å². The van der Waals surface area contributed by atoms with Gasteiger partial charge >= 0.3 is 0 Å². The number of carbonyl (C=O) groups is 1. The van der Waals surface area contributed by atoms with Crippen molar-refractivity contribution >= 4 is 5.91 Å². The van der Waals surface area contributed by atoms with E-state index in [4.69, 9.17) is 0 Å². The van der Waals surface area contributed by atoms with Crippen LogP contribution in [0.15, 0.2) is 48.7 Å². The fourth-order valence-corrected chi connectivity index (χ4v) is 3.05. The van der Waals surface area contributed by atoms with E-state index in [0.717, 1.165) is 31.5 Å². The minimum absolute atomic E-state index is 0.0576. The number of nitrogens with zero attached hydrogens (tertiary/aromatic N) is 2. The van der Waals surface area contributed by atoms with Crippen molar-refractivity contribution in [3.05, 3.63) is 65.7 Å². The van der Waals surface area contributed by atoms with Gasteiger partial charge in [-0.15, -0.1) is 0 Å². The molecule has 1 atom stereocenters. The number of pyridine rings is 1. The van der Waals surface area contributed by atoms with Crippen LogP contribution in [0.5, 0.6) is 0 Å². The van der Waals surface area contributed by atoms with E-state index < -0.39 is 5.92 Å². The first-order valence-electron chi connectivity index (χ1n) is 8.10. The van der Waals surface area contributed by atoms with E-state index in [0.29, 0.717) is 11.6 Å². The van der Waals surface area contributed by atoms with Crippen LogP contribution in [-0.2, 0) is 4.79 Å². The Labute approximate surface area is 136 Å². The van der Waals surface area contributed by atoms with Crippen LogP contribution in [-0.4, -0.2) is 28.9 Å². The lowest BCUT2D eigenvalue weighted by molar-refractivity contribution is -0.133. The molecule has 120 valence electrons. The van der Waals surface area contributed by atoms with Crippen LogP contribution in [0.2, 0.25) is 0 Å². The predicted octanol–water partition coefficient (Wildman–Crippen LogP) is 3.61. The highest BCUT2D eigenvalue weighted by Crippen LogP contribution is 2.28. The number of carbonyl (C=O) groups excluding carboxylic acids is 1. The summed E-state index contributed by atoms with van der Waals surface area (Å²) in [6, 6.07) is 11.7. The predicted molar refractivity (Wildman–Crippen MR) is 87.5 cm³/mol. The Morgan fingerprint density at radius 2 is 1.87 bits per heavy atom. The number of aromatic nitrogens is 1. The van der Waals surface area contributed by atoms with E-state index in [9.17, 15) is 9.18 Å². The van der Waals surface area contributed by atoms with Gasteiger partial charge in [-0.25, -0.2) is 4.39 Å². The van der Waals surface area contributed by atoms with Crippen molar-refractivity contribution in [2.75, 3.05) is 13.1 Å². The molecule has 1 saturated heterocycles. The van der Waals surface area contributed by atoms with Gasteiger partial charge in [-0.05, 0) is 48.6 Å². The number of amides is 1. The number of piperidine rings is 1. The third-order valence-electron chi connectivity index (χ3n) is 4.53. The Morgan fingerprint density at radius 1 is 1.17 bits per heavy atom. The van der Waals surface area contributed by atoms with Crippen LogP contribution in [0.1, 0.15) is 36.9 Å². The van der Waals surface area contributed by atoms with Gasteiger partial charge in [-0.2, -0.15) is 0 Å². The summed E-state index contributed by atoms with van der Waals surface area (Å²) in [6.45, 7) is 3.78. The Balaban J connectivity index is 1.92. The quantitative estimate of drug-likeness (QED) is 0.867. The molecular weight excluding hydrogens is 291 g/mol. The summed E-state index contributed by atoms with van der Waals surface area (Å²) in [5.74, 6) is -0.0432. The second kappa shape index (κ2) is 6.90. The summed E-state index contributed by atoms with van der Waals surface area (Å²) in [5, 5.41) is 0. The summed E-state index contributed by atoms with van der Waals surface area (Å²) in [5.41, 5.74) is 1.50. The summed E-state index contributed by atoms with van der Waals surface area (Å²) < 4.78 is 13.2. The average molecular weight is 312 g/mol. The zero-order valence-corrected chi connectivity index (χ0v) is 13.3. The molecule has 1 aliphatic rings. The van der Waals surface area contributed by atoms with E-state index in [-0.39, 0.29) is 11.7 Å². The van der Waals surface area contributed by atoms with Crippen molar-refractivity contribution in [1.29, 1.82) is 0 Å². The first kappa shape index (κ1) is 15.7. The first-order valence-corrected chi connectivity index (χ1v) is 8.10. The van der Waals surface area contributed by atoms with Crippen molar-refractivity contribution in [3.63, 3.8) is 0 Å². The molecule has 1 aliphatic heterocycles. The molecular formula is C19H21FN2O. The number of hydrogen-bond acceptors (Lipinski definition) is 2. The molecule has 1 aromatic heterocycles. The Bertz CT molecular complexity index is 649. The van der Waals surface area contributed by atoms with Crippen LogP contribution >= 0.6 is 0 Å². The molecule has 1 amide bonds. The lowest BCUT2D eigenvalue weighted by atomic mass is 9.91. The van der Waals surface area contributed by atoms with E-state index in [1.807, 2.05) is 23.1 Å². The van der Waals surface area contributed by atoms with Gasteiger partial charge in [0, 0.05) is 19.3 Å². The smallest absolute Gasteiger partial charge is 0.236 e. The molecule has 0 N–H and O–H groups in total. The molecule has 3 nitrogen and oxygen atoms in total. The van der Waals surface area contributed by atoms with Gasteiger partial charge in [-0.1, -0.05) is 25.1 Å². The lowest BCUT2D eigenvalue weighted by Crippen LogP contribution is -2.41. The van der Waals surface area contributed by atoms with Crippen LogP contribution in [0.25, 0.3) is 0 Å². The Morgan fingerprint density at radius 3 is 2.48 bits per heavy atom. The number of likely N-dealkylation sites (tertiary alicyclic amines) is 1. The van der Waals surface area contributed by atoms with Gasteiger partial charge < -0.3 is 4.90 Å². The third kappa shape index (κ3) is 3.58. The van der Waals surface area contributed by atoms with Gasteiger partial charge in [0.15, 0.2) is 0 Å². The molecule has 2 aromatic rings. The molecule has 4 heteroatoms. The average Bonchev–Trinajstić information content (AvgIpc) is 2.58. The van der Waals surface area contributed by atoms with Crippen molar-refractivity contribution in [3.8, 4) is 0 Å². The summed E-state index contributed by atoms with van der Waals surface area (Å²) >= 11 is 0. The fourth-order valence-electron chi connectivity index (χ4n) is 3.05. The van der Waals surface area contributed by atoms with Crippen molar-refractivity contribution in [2.45, 2.75) is 25.7 Å². The summed E-state index contributed by atoms with van der Waals surface area (Å²) in [4.78, 5) is 19.4. The van der Waals surface area contributed by atoms with Crippen molar-refractivity contribution in [2.24, 2.45) is 5.92 Å². The number of halogens is 1. The fraction of sp³-hybridized carbons (Fsp3) is 0.368. The summed E-state index contributed by atoms with van der Waals surface area (Å²) in [6.07, 6.45) is 3.76. The van der Waals surface area contributed by atoms with E-state index >= 15 is 0 Å². The highest BCUT2D eigenvalue weighted by Gasteiger charge is 2.30. The highest BCUT2D eigenvalue weighted by molar-refractivity contribution is 5.86. The second-order valence-corrected chi connectivity index (χ2v) is 6.25. The molecule has 0 radical (unpaired) electrons. The molecule has 2 heterocycles. The minimum atomic E-state index is -0.467. The highest BCUT2D eigenvalue weighted by atomic mass is 19.1. The molecule has 1 unspecified atom stereocenters. The van der Waals surface area contributed by atoms with E-state index in [2.05, 4.69) is 11.9 Å². The van der Waals surface area contributed by atoms with Crippen LogP contribution in [0, 0.1) is 11.7 Å². The van der Waals surface area contributed by atoms with Crippen molar-refractivity contribution in [1.82, 2.24) is 9.88 Å². The monoisotopic (exact) mass is 312 g/mol. The maximum absolute atomic E-state index is 13.2. The SMILES string of the molecule is CC1CCN(C(=O)C(c2ccc(F)cc2)c2ccccn2)CC1. The second-order valence-electron chi connectivity index (χ2n) is 6.25. The lowest BCUT2D eigenvalue weighted by Gasteiger charge is -2.33. The van der Waals surface area contributed by atoms with Gasteiger partial charge in [0.1, 0.15) is 11.7 Å². The van der Waals surface area contributed by atoms with Gasteiger partial charge in [-0.3, -0.25) is 9.78 Å². The largest absolute Gasteiger partial charge is 0.342 e. The van der Waals surface area contributed by atoms with Crippen LogP contribution in [0.3, 0.4) is 0 Å². The molecule has 3 rings (SSSR count). The van der Waals surface area contributed by atoms with Gasteiger partial charge in [0.2, 0.25) is 5.91 Å². The van der Waals surface area contributed by atoms with E-state index in [1.165, 1.54) is 12.1 Å². The van der Waals surface area contributed by atoms with E-state index in [1.54, 1.807) is 18.3 Å². The normalized spacial score (nSPS) is 17.0. The molecule has 0 bridgehead atoms. The maximum atomic E-state index is 13.2. The van der Waals surface area contributed by atoms with Crippen molar-refractivity contribution < 1.29 is 9.18 Å². The standard InChI is InChI=1S/C19H21FN2O/c1-14-9-12-22(13-10-14)19(23)18(17-4-2-3-11-21-17)15-5-7-16(20)8-6-15/h2-8,11,14,18H,9-10,12-13H2,1H3.